The fraction of sp³-hybridized carbons (Fsp3) is 0.130. The van der Waals surface area contributed by atoms with Crippen LogP contribution in [0.15, 0.2) is 54.6 Å². The van der Waals surface area contributed by atoms with Gasteiger partial charge in [0.05, 0.1) is 13.3 Å². The molecule has 0 saturated carbocycles. The number of fused-ring (bicyclic) bond motifs is 1. The van der Waals surface area contributed by atoms with Gasteiger partial charge in [-0.05, 0) is 29.8 Å². The number of ether oxygens (including phenoxy) is 1. The van der Waals surface area contributed by atoms with Crippen molar-refractivity contribution in [3.63, 3.8) is 0 Å². The molecule has 1 aromatic carbocycles. The first kappa shape index (κ1) is 20.8. The Morgan fingerprint density at radius 3 is 2.91 bits per heavy atom. The smallest absolute Gasteiger partial charge is 0.262 e. The van der Waals surface area contributed by atoms with E-state index in [1.807, 2.05) is 25.4 Å². The van der Waals surface area contributed by atoms with Gasteiger partial charge in [0.25, 0.3) is 5.91 Å². The van der Waals surface area contributed by atoms with Crippen molar-refractivity contribution in [1.29, 1.82) is 5.26 Å². The average molecular weight is 430 g/mol. The molecule has 0 aliphatic rings. The van der Waals surface area contributed by atoms with E-state index in [-0.39, 0.29) is 17.9 Å². The summed E-state index contributed by atoms with van der Waals surface area (Å²) in [6.07, 6.45) is 8.56. The maximum Gasteiger partial charge on any atom is 0.262 e. The number of rotatable bonds is 6. The van der Waals surface area contributed by atoms with E-state index in [2.05, 4.69) is 20.4 Å². The standard InChI is InChI=1S/C23H19FN6O2/c1-30-13-18(12-29-30)16-7-19-17(11-27-22(19)26-10-16)6-15(8-25)23(31)28-9-14-3-4-20(24)21(5-14)32-2/h3-7,10-13H,9H2,1-2H3,(H,26,27)(H,28,31)/b15-6+. The molecule has 8 nitrogen and oxygen atoms in total. The maximum absolute atomic E-state index is 13.6. The third-order valence-corrected chi connectivity index (χ3v) is 4.93. The zero-order valence-electron chi connectivity index (χ0n) is 17.4. The van der Waals surface area contributed by atoms with Crippen molar-refractivity contribution in [3.8, 4) is 22.9 Å². The number of carbonyl (C=O) groups is 1. The molecule has 0 aliphatic carbocycles. The molecule has 0 aliphatic heterocycles. The zero-order chi connectivity index (χ0) is 22.7. The van der Waals surface area contributed by atoms with E-state index in [1.165, 1.54) is 25.3 Å². The summed E-state index contributed by atoms with van der Waals surface area (Å²) in [5.41, 5.74) is 3.66. The van der Waals surface area contributed by atoms with Gasteiger partial charge in [-0.2, -0.15) is 10.4 Å². The maximum atomic E-state index is 13.6. The number of amides is 1. The van der Waals surface area contributed by atoms with Gasteiger partial charge in [0, 0.05) is 54.3 Å². The minimum absolute atomic E-state index is 0.0632. The second-order valence-electron chi connectivity index (χ2n) is 7.09. The topological polar surface area (TPSA) is 109 Å². The quantitative estimate of drug-likeness (QED) is 0.360. The van der Waals surface area contributed by atoms with Gasteiger partial charge in [-0.15, -0.1) is 0 Å². The van der Waals surface area contributed by atoms with Crippen LogP contribution in [0.25, 0.3) is 28.2 Å². The van der Waals surface area contributed by atoms with Crippen molar-refractivity contribution in [2.24, 2.45) is 7.05 Å². The summed E-state index contributed by atoms with van der Waals surface area (Å²) >= 11 is 0. The predicted octanol–water partition coefficient (Wildman–Crippen LogP) is 3.33. The van der Waals surface area contributed by atoms with E-state index in [1.54, 1.807) is 29.3 Å². The Kier molecular flexibility index (Phi) is 5.68. The minimum Gasteiger partial charge on any atom is -0.494 e. The fourth-order valence-electron chi connectivity index (χ4n) is 3.27. The lowest BCUT2D eigenvalue weighted by Gasteiger charge is -2.07. The number of benzene rings is 1. The molecule has 1 amide bonds. The molecule has 32 heavy (non-hydrogen) atoms. The fourth-order valence-corrected chi connectivity index (χ4v) is 3.27. The summed E-state index contributed by atoms with van der Waals surface area (Å²) in [6, 6.07) is 8.17. The van der Waals surface area contributed by atoms with Crippen LogP contribution in [0, 0.1) is 17.1 Å². The highest BCUT2D eigenvalue weighted by Crippen LogP contribution is 2.26. The number of nitrogens with one attached hydrogen (secondary N) is 2. The number of hydrogen-bond acceptors (Lipinski definition) is 5. The molecule has 0 radical (unpaired) electrons. The Hall–Kier alpha value is -4.45. The van der Waals surface area contributed by atoms with Crippen molar-refractivity contribution in [2.45, 2.75) is 6.54 Å². The van der Waals surface area contributed by atoms with Crippen LogP contribution >= 0.6 is 0 Å². The lowest BCUT2D eigenvalue weighted by molar-refractivity contribution is -0.117. The van der Waals surface area contributed by atoms with Crippen LogP contribution in [-0.4, -0.2) is 32.8 Å². The number of halogens is 1. The predicted molar refractivity (Wildman–Crippen MR) is 117 cm³/mol. The Bertz CT molecular complexity index is 1380. The van der Waals surface area contributed by atoms with Gasteiger partial charge in [-0.1, -0.05) is 6.07 Å². The SMILES string of the molecule is COc1cc(CNC(=O)/C(C#N)=C/c2c[nH]c3ncc(-c4cnn(C)c4)cc23)ccc1F. The van der Waals surface area contributed by atoms with Crippen molar-refractivity contribution >= 4 is 23.0 Å². The normalized spacial score (nSPS) is 11.4. The van der Waals surface area contributed by atoms with E-state index in [4.69, 9.17) is 4.74 Å². The third-order valence-electron chi connectivity index (χ3n) is 4.93. The Balaban J connectivity index is 1.57. The first-order valence-electron chi connectivity index (χ1n) is 9.67. The lowest BCUT2D eigenvalue weighted by atomic mass is 10.1. The molecule has 160 valence electrons. The lowest BCUT2D eigenvalue weighted by Crippen LogP contribution is -2.24. The largest absolute Gasteiger partial charge is 0.494 e. The molecule has 0 spiro atoms. The van der Waals surface area contributed by atoms with Gasteiger partial charge in [0.15, 0.2) is 11.6 Å². The molecule has 3 aromatic heterocycles. The minimum atomic E-state index is -0.540. The second-order valence-corrected chi connectivity index (χ2v) is 7.09. The van der Waals surface area contributed by atoms with E-state index in [0.29, 0.717) is 16.8 Å². The number of aromatic amines is 1. The summed E-state index contributed by atoms with van der Waals surface area (Å²) in [6.45, 7) is 0.120. The molecule has 0 fully saturated rings. The molecule has 9 heteroatoms. The summed E-state index contributed by atoms with van der Waals surface area (Å²) in [7, 11) is 3.20. The summed E-state index contributed by atoms with van der Waals surface area (Å²) in [4.78, 5) is 20.0. The highest BCUT2D eigenvalue weighted by Gasteiger charge is 2.13. The van der Waals surface area contributed by atoms with Crippen molar-refractivity contribution < 1.29 is 13.9 Å². The number of nitrogens with zero attached hydrogens (tertiary/aromatic N) is 4. The van der Waals surface area contributed by atoms with E-state index < -0.39 is 11.7 Å². The number of nitriles is 1. The van der Waals surface area contributed by atoms with Gasteiger partial charge in [-0.3, -0.25) is 9.48 Å². The Labute approximate surface area is 183 Å². The third kappa shape index (κ3) is 4.20. The number of carbonyl (C=O) groups excluding carboxylic acids is 1. The molecule has 0 bridgehead atoms. The molecule has 4 rings (SSSR count). The number of hydrogen-bond donors (Lipinski definition) is 2. The summed E-state index contributed by atoms with van der Waals surface area (Å²) < 4.78 is 20.2. The first-order valence-corrected chi connectivity index (χ1v) is 9.67. The molecule has 0 atom stereocenters. The second kappa shape index (κ2) is 8.73. The Morgan fingerprint density at radius 1 is 1.34 bits per heavy atom. The number of aromatic nitrogens is 4. The van der Waals surface area contributed by atoms with Crippen LogP contribution in [0.5, 0.6) is 5.75 Å². The van der Waals surface area contributed by atoms with Crippen LogP contribution in [0.1, 0.15) is 11.1 Å². The monoisotopic (exact) mass is 430 g/mol. The van der Waals surface area contributed by atoms with Crippen molar-refractivity contribution in [1.82, 2.24) is 25.1 Å². The van der Waals surface area contributed by atoms with E-state index in [9.17, 15) is 14.4 Å². The first-order chi connectivity index (χ1) is 15.5. The summed E-state index contributed by atoms with van der Waals surface area (Å²) in [5, 5.41) is 17.2. The average Bonchev–Trinajstić information content (AvgIpc) is 3.42. The van der Waals surface area contributed by atoms with Crippen LogP contribution in [0.3, 0.4) is 0 Å². The number of methoxy groups -OCH3 is 1. The van der Waals surface area contributed by atoms with Gasteiger partial charge in [0.2, 0.25) is 0 Å². The van der Waals surface area contributed by atoms with Gasteiger partial charge in [-0.25, -0.2) is 9.37 Å². The van der Waals surface area contributed by atoms with E-state index >= 15 is 0 Å². The number of aryl methyl sites for hydroxylation is 1. The number of H-pyrrole nitrogens is 1. The Morgan fingerprint density at radius 2 is 2.19 bits per heavy atom. The highest BCUT2D eigenvalue weighted by molar-refractivity contribution is 6.03. The van der Waals surface area contributed by atoms with Crippen molar-refractivity contribution in [3.05, 3.63) is 71.6 Å². The molecular formula is C23H19FN6O2. The van der Waals surface area contributed by atoms with Gasteiger partial charge in [0.1, 0.15) is 17.3 Å². The number of pyridine rings is 1. The molecule has 3 heterocycles. The van der Waals surface area contributed by atoms with Gasteiger partial charge >= 0.3 is 0 Å². The van der Waals surface area contributed by atoms with Gasteiger partial charge < -0.3 is 15.0 Å². The highest BCUT2D eigenvalue weighted by atomic mass is 19.1. The van der Waals surface area contributed by atoms with Crippen LogP contribution in [0.2, 0.25) is 0 Å². The van der Waals surface area contributed by atoms with E-state index in [0.717, 1.165) is 16.5 Å². The molecule has 0 unspecified atom stereocenters. The molecule has 4 aromatic rings. The molecule has 0 saturated heterocycles. The zero-order valence-corrected chi connectivity index (χ0v) is 17.4. The van der Waals surface area contributed by atoms with Crippen molar-refractivity contribution in [2.75, 3.05) is 7.11 Å². The van der Waals surface area contributed by atoms with Crippen LogP contribution in [-0.2, 0) is 18.4 Å². The van der Waals surface area contributed by atoms with Crippen LogP contribution in [0.4, 0.5) is 4.39 Å². The molecule has 2 N–H and O–H groups in total. The molecular weight excluding hydrogens is 411 g/mol. The van der Waals surface area contributed by atoms with Crippen LogP contribution < -0.4 is 10.1 Å². The summed E-state index contributed by atoms with van der Waals surface area (Å²) in [5.74, 6) is -0.941.